The zero-order chi connectivity index (χ0) is 33.4. The fourth-order valence-corrected chi connectivity index (χ4v) is 7.13. The van der Waals surface area contributed by atoms with Crippen molar-refractivity contribution in [2.75, 3.05) is 4.90 Å². The average Bonchev–Trinajstić information content (AvgIpc) is 3.15. The second-order valence-corrected chi connectivity index (χ2v) is 13.8. The maximum atomic E-state index is 2.42. The molecule has 49 heavy (non-hydrogen) atoms. The van der Waals surface area contributed by atoms with Gasteiger partial charge in [-0.15, -0.1) is 0 Å². The van der Waals surface area contributed by atoms with E-state index in [9.17, 15) is 0 Å². The Balaban J connectivity index is 1.32. The van der Waals surface area contributed by atoms with Crippen LogP contribution in [0, 0.1) is 0 Å². The first kappa shape index (κ1) is 30.4. The highest BCUT2D eigenvalue weighted by atomic mass is 15.1. The summed E-state index contributed by atoms with van der Waals surface area (Å²) in [5.41, 5.74) is 12.1. The summed E-state index contributed by atoms with van der Waals surface area (Å²) in [5.74, 6) is 0. The van der Waals surface area contributed by atoms with Gasteiger partial charge in [0, 0.05) is 16.9 Å². The fourth-order valence-electron chi connectivity index (χ4n) is 7.13. The summed E-state index contributed by atoms with van der Waals surface area (Å²) in [7, 11) is 0. The minimum atomic E-state index is 0.0676. The van der Waals surface area contributed by atoms with Gasteiger partial charge >= 0.3 is 0 Å². The number of hydrogen-bond donors (Lipinski definition) is 0. The van der Waals surface area contributed by atoms with Gasteiger partial charge in [0.1, 0.15) is 0 Å². The molecule has 0 aliphatic carbocycles. The van der Waals surface area contributed by atoms with Gasteiger partial charge in [-0.1, -0.05) is 172 Å². The third kappa shape index (κ3) is 5.79. The van der Waals surface area contributed by atoms with E-state index in [1.807, 2.05) is 0 Å². The fraction of sp³-hybridized carbons (Fsp3) is 0.0833. The number of para-hydroxylation sites is 1. The summed E-state index contributed by atoms with van der Waals surface area (Å²) in [5, 5.41) is 5.01. The third-order valence-corrected chi connectivity index (χ3v) is 9.64. The average molecular weight is 630 g/mol. The molecule has 0 aliphatic rings. The molecule has 0 atom stereocenters. The van der Waals surface area contributed by atoms with E-state index >= 15 is 0 Å². The predicted octanol–water partition coefficient (Wildman–Crippen LogP) is 13.8. The first-order chi connectivity index (χ1) is 24.0. The van der Waals surface area contributed by atoms with Crippen molar-refractivity contribution in [3.63, 3.8) is 0 Å². The lowest BCUT2D eigenvalue weighted by atomic mass is 9.87. The Bertz CT molecular complexity index is 2390. The summed E-state index contributed by atoms with van der Waals surface area (Å²) >= 11 is 0. The molecule has 0 heterocycles. The Morgan fingerprint density at radius 1 is 0.367 bits per heavy atom. The minimum absolute atomic E-state index is 0.0676. The molecule has 8 rings (SSSR count). The summed E-state index contributed by atoms with van der Waals surface area (Å²) in [4.78, 5) is 2.42. The zero-order valence-corrected chi connectivity index (χ0v) is 28.3. The second-order valence-electron chi connectivity index (χ2n) is 13.8. The molecule has 0 saturated heterocycles. The maximum absolute atomic E-state index is 2.42. The quantitative estimate of drug-likeness (QED) is 0.177. The molecule has 0 unspecified atom stereocenters. The molecule has 0 bridgehead atoms. The van der Waals surface area contributed by atoms with E-state index in [0.29, 0.717) is 0 Å². The first-order valence-corrected chi connectivity index (χ1v) is 17.1. The predicted molar refractivity (Wildman–Crippen MR) is 211 cm³/mol. The molecule has 0 aromatic heterocycles. The Labute approximate surface area is 289 Å². The molecule has 8 aromatic rings. The van der Waals surface area contributed by atoms with Crippen molar-refractivity contribution < 1.29 is 0 Å². The first-order valence-electron chi connectivity index (χ1n) is 17.1. The van der Waals surface area contributed by atoms with Crippen LogP contribution in [0.15, 0.2) is 182 Å². The molecular weight excluding hydrogens is 591 g/mol. The Morgan fingerprint density at radius 3 is 1.59 bits per heavy atom. The number of rotatable bonds is 6. The SMILES string of the molecule is CC(C)(C)c1ccc(N(c2ccc(-c3cccc4ccccc34)cc2)c2ccccc2-c2cccc3cccc(-c4ccccc4)c23)cc1. The molecule has 1 heteroatoms. The summed E-state index contributed by atoms with van der Waals surface area (Å²) < 4.78 is 0. The van der Waals surface area contributed by atoms with Gasteiger partial charge in [-0.2, -0.15) is 0 Å². The van der Waals surface area contributed by atoms with Gasteiger partial charge in [0.2, 0.25) is 0 Å². The van der Waals surface area contributed by atoms with Crippen LogP contribution < -0.4 is 4.90 Å². The summed E-state index contributed by atoms with van der Waals surface area (Å²) in [6.45, 7) is 6.81. The van der Waals surface area contributed by atoms with Crippen molar-refractivity contribution in [1.29, 1.82) is 0 Å². The van der Waals surface area contributed by atoms with Crippen LogP contribution in [0.25, 0.3) is 54.9 Å². The minimum Gasteiger partial charge on any atom is -0.310 e. The molecule has 236 valence electrons. The number of hydrogen-bond acceptors (Lipinski definition) is 1. The van der Waals surface area contributed by atoms with E-state index in [1.165, 1.54) is 60.5 Å². The Morgan fingerprint density at radius 2 is 0.878 bits per heavy atom. The lowest BCUT2D eigenvalue weighted by Crippen LogP contribution is -2.13. The molecule has 1 nitrogen and oxygen atoms in total. The van der Waals surface area contributed by atoms with Crippen LogP contribution in [0.4, 0.5) is 17.1 Å². The van der Waals surface area contributed by atoms with Gasteiger partial charge < -0.3 is 4.90 Å². The van der Waals surface area contributed by atoms with Gasteiger partial charge in [-0.05, 0) is 90.7 Å². The van der Waals surface area contributed by atoms with Crippen molar-refractivity contribution in [2.45, 2.75) is 26.2 Å². The van der Waals surface area contributed by atoms with Gasteiger partial charge in [0.05, 0.1) is 5.69 Å². The number of benzene rings is 8. The molecule has 0 saturated carbocycles. The largest absolute Gasteiger partial charge is 0.310 e. The van der Waals surface area contributed by atoms with Crippen LogP contribution in [-0.2, 0) is 5.41 Å². The van der Waals surface area contributed by atoms with Gasteiger partial charge in [-0.25, -0.2) is 0 Å². The molecule has 0 amide bonds. The maximum Gasteiger partial charge on any atom is 0.0540 e. The van der Waals surface area contributed by atoms with E-state index in [0.717, 1.165) is 17.1 Å². The van der Waals surface area contributed by atoms with E-state index in [4.69, 9.17) is 0 Å². The summed E-state index contributed by atoms with van der Waals surface area (Å²) in [6.07, 6.45) is 0. The van der Waals surface area contributed by atoms with Crippen LogP contribution in [0.2, 0.25) is 0 Å². The van der Waals surface area contributed by atoms with Crippen molar-refractivity contribution in [3.8, 4) is 33.4 Å². The molecule has 0 N–H and O–H groups in total. The van der Waals surface area contributed by atoms with E-state index < -0.39 is 0 Å². The molecule has 8 aromatic carbocycles. The Kier molecular flexibility index (Phi) is 7.82. The van der Waals surface area contributed by atoms with Crippen molar-refractivity contribution in [2.24, 2.45) is 0 Å². The highest BCUT2D eigenvalue weighted by Gasteiger charge is 2.21. The molecular formula is C48H39N. The van der Waals surface area contributed by atoms with Crippen LogP contribution in [0.3, 0.4) is 0 Å². The van der Waals surface area contributed by atoms with Gasteiger partial charge in [0.25, 0.3) is 0 Å². The normalized spacial score (nSPS) is 11.6. The van der Waals surface area contributed by atoms with Crippen molar-refractivity contribution in [3.05, 3.63) is 188 Å². The van der Waals surface area contributed by atoms with Crippen LogP contribution in [0.1, 0.15) is 26.3 Å². The topological polar surface area (TPSA) is 3.24 Å². The molecule has 0 aliphatic heterocycles. The molecule has 0 radical (unpaired) electrons. The Hall–Kier alpha value is -5.92. The zero-order valence-electron chi connectivity index (χ0n) is 28.3. The number of nitrogens with zero attached hydrogens (tertiary/aromatic N) is 1. The smallest absolute Gasteiger partial charge is 0.0540 e. The highest BCUT2D eigenvalue weighted by molar-refractivity contribution is 6.08. The van der Waals surface area contributed by atoms with Crippen molar-refractivity contribution in [1.82, 2.24) is 0 Å². The van der Waals surface area contributed by atoms with E-state index in [-0.39, 0.29) is 5.41 Å². The second kappa shape index (κ2) is 12.6. The molecule has 0 spiro atoms. The third-order valence-electron chi connectivity index (χ3n) is 9.64. The molecule has 0 fully saturated rings. The van der Waals surface area contributed by atoms with E-state index in [1.54, 1.807) is 0 Å². The van der Waals surface area contributed by atoms with Crippen LogP contribution in [0.5, 0.6) is 0 Å². The van der Waals surface area contributed by atoms with Gasteiger partial charge in [-0.3, -0.25) is 0 Å². The lowest BCUT2D eigenvalue weighted by Gasteiger charge is -2.29. The number of fused-ring (bicyclic) bond motifs is 2. The van der Waals surface area contributed by atoms with E-state index in [2.05, 4.69) is 208 Å². The van der Waals surface area contributed by atoms with Crippen LogP contribution >= 0.6 is 0 Å². The lowest BCUT2D eigenvalue weighted by molar-refractivity contribution is 0.590. The monoisotopic (exact) mass is 629 g/mol. The van der Waals surface area contributed by atoms with Crippen LogP contribution in [-0.4, -0.2) is 0 Å². The standard InChI is InChI=1S/C48H39N/c1-48(2,3)38-28-32-40(33-29-38)49(39-30-26-36(27-31-39)42-22-11-17-34-16-7-8-20-41(34)42)46-25-10-9-21-44(46)45-24-13-19-37-18-12-23-43(47(37)45)35-14-5-4-6-15-35/h4-33H,1-3H3. The number of anilines is 3. The summed E-state index contributed by atoms with van der Waals surface area (Å²) in [6, 6.07) is 66.3. The van der Waals surface area contributed by atoms with Crippen molar-refractivity contribution >= 4 is 38.6 Å². The highest BCUT2D eigenvalue weighted by Crippen LogP contribution is 2.45. The van der Waals surface area contributed by atoms with Gasteiger partial charge in [0.15, 0.2) is 0 Å².